The van der Waals surface area contributed by atoms with E-state index in [0.29, 0.717) is 35.2 Å². The lowest BCUT2D eigenvalue weighted by molar-refractivity contribution is -0.138. The summed E-state index contributed by atoms with van der Waals surface area (Å²) in [6, 6.07) is 2.23. The van der Waals surface area contributed by atoms with E-state index in [2.05, 4.69) is 28.3 Å². The lowest BCUT2D eigenvalue weighted by Gasteiger charge is -2.33. The number of imidazole rings is 1. The number of pyridine rings is 1. The van der Waals surface area contributed by atoms with Crippen LogP contribution in [0.4, 0.5) is 13.2 Å². The highest BCUT2D eigenvalue weighted by molar-refractivity contribution is 5.59. The Kier molecular flexibility index (Phi) is 5.13. The molecule has 0 aromatic carbocycles. The van der Waals surface area contributed by atoms with Crippen molar-refractivity contribution in [3.8, 4) is 11.3 Å². The van der Waals surface area contributed by atoms with E-state index in [1.807, 2.05) is 6.20 Å². The molecular weight excluding hydrogens is 405 g/mol. The molecule has 31 heavy (non-hydrogen) atoms. The Hall–Kier alpha value is -1.93. The zero-order valence-electron chi connectivity index (χ0n) is 18.2. The highest BCUT2D eigenvalue weighted by Crippen LogP contribution is 2.62. The predicted molar refractivity (Wildman–Crippen MR) is 111 cm³/mol. The number of ether oxygens (including phenoxy) is 1. The second-order valence-corrected chi connectivity index (χ2v) is 9.49. The molecule has 168 valence electrons. The number of aryl methyl sites for hydroxylation is 1. The average Bonchev–Trinajstić information content (AvgIpc) is 3.09. The SMILES string of the molecule is Cc1ncc(-c2cn(C3[C@H]4CC(N5CCOCC5)C[C@@H]34)c(C(C)C)n2)cc1C(F)(F)F. The smallest absolute Gasteiger partial charge is 0.379 e. The van der Waals surface area contributed by atoms with Gasteiger partial charge < -0.3 is 9.30 Å². The summed E-state index contributed by atoms with van der Waals surface area (Å²) in [4.78, 5) is 11.3. The summed E-state index contributed by atoms with van der Waals surface area (Å²) < 4.78 is 47.8. The Balaban J connectivity index is 1.39. The van der Waals surface area contributed by atoms with Gasteiger partial charge in [-0.1, -0.05) is 13.8 Å². The van der Waals surface area contributed by atoms with Crippen LogP contribution in [0.2, 0.25) is 0 Å². The molecular formula is C23H29F3N4O. The monoisotopic (exact) mass is 434 g/mol. The van der Waals surface area contributed by atoms with Gasteiger partial charge in [-0.15, -0.1) is 0 Å². The number of rotatable bonds is 4. The van der Waals surface area contributed by atoms with Crippen LogP contribution in [-0.4, -0.2) is 51.8 Å². The van der Waals surface area contributed by atoms with Gasteiger partial charge in [-0.05, 0) is 37.7 Å². The standard InChI is InChI=1S/C23H29F3N4O/c1-13(2)22-28-20(15-8-19(23(24,25)26)14(3)27-11-15)12-30(22)21-17-9-16(10-18(17)21)29-4-6-31-7-5-29/h8,11-13,16-18,21H,4-7,9-10H2,1-3H3/t16?,17-,18+,21?. The molecule has 3 aliphatic rings. The van der Waals surface area contributed by atoms with Crippen molar-refractivity contribution in [2.24, 2.45) is 11.8 Å². The Bertz CT molecular complexity index is 952. The van der Waals surface area contributed by atoms with Crippen LogP contribution >= 0.6 is 0 Å². The molecule has 5 rings (SSSR count). The summed E-state index contributed by atoms with van der Waals surface area (Å²) in [5, 5.41) is 0. The van der Waals surface area contributed by atoms with Gasteiger partial charge in [-0.25, -0.2) is 4.98 Å². The minimum atomic E-state index is -4.42. The third kappa shape index (κ3) is 3.78. The molecule has 2 saturated carbocycles. The van der Waals surface area contributed by atoms with Crippen LogP contribution in [0.5, 0.6) is 0 Å². The number of fused-ring (bicyclic) bond motifs is 1. The fraction of sp³-hybridized carbons (Fsp3) is 0.652. The molecule has 3 heterocycles. The number of alkyl halides is 3. The zero-order chi connectivity index (χ0) is 21.9. The van der Waals surface area contributed by atoms with Crippen LogP contribution in [-0.2, 0) is 10.9 Å². The molecule has 0 N–H and O–H groups in total. The zero-order valence-corrected chi connectivity index (χ0v) is 18.2. The number of halogens is 3. The lowest BCUT2D eigenvalue weighted by atomic mass is 10.1. The van der Waals surface area contributed by atoms with Crippen molar-refractivity contribution in [2.45, 2.75) is 57.8 Å². The quantitative estimate of drug-likeness (QED) is 0.701. The van der Waals surface area contributed by atoms with E-state index in [4.69, 9.17) is 9.72 Å². The number of hydrogen-bond acceptors (Lipinski definition) is 4. The molecule has 2 aromatic heterocycles. The minimum absolute atomic E-state index is 0.00866. The van der Waals surface area contributed by atoms with Gasteiger partial charge in [0.1, 0.15) is 5.82 Å². The van der Waals surface area contributed by atoms with E-state index < -0.39 is 11.7 Å². The van der Waals surface area contributed by atoms with Crippen molar-refractivity contribution in [1.29, 1.82) is 0 Å². The Morgan fingerprint density at radius 2 is 1.81 bits per heavy atom. The van der Waals surface area contributed by atoms with E-state index in [1.54, 1.807) is 0 Å². The number of morpholine rings is 1. The van der Waals surface area contributed by atoms with Crippen LogP contribution in [0.15, 0.2) is 18.5 Å². The van der Waals surface area contributed by atoms with Crippen molar-refractivity contribution in [3.05, 3.63) is 35.5 Å². The van der Waals surface area contributed by atoms with Crippen molar-refractivity contribution < 1.29 is 17.9 Å². The molecule has 1 saturated heterocycles. The van der Waals surface area contributed by atoms with Gasteiger partial charge in [0.15, 0.2) is 0 Å². The van der Waals surface area contributed by atoms with E-state index in [0.717, 1.165) is 32.1 Å². The number of hydrogen-bond donors (Lipinski definition) is 0. The number of aromatic nitrogens is 3. The van der Waals surface area contributed by atoms with Crippen molar-refractivity contribution in [3.63, 3.8) is 0 Å². The summed E-state index contributed by atoms with van der Waals surface area (Å²) in [7, 11) is 0. The van der Waals surface area contributed by atoms with E-state index in [9.17, 15) is 13.2 Å². The Morgan fingerprint density at radius 1 is 1.13 bits per heavy atom. The van der Waals surface area contributed by atoms with Gasteiger partial charge in [-0.3, -0.25) is 9.88 Å². The first-order valence-corrected chi connectivity index (χ1v) is 11.2. The van der Waals surface area contributed by atoms with Crippen molar-refractivity contribution in [2.75, 3.05) is 26.3 Å². The van der Waals surface area contributed by atoms with Crippen LogP contribution in [0, 0.1) is 18.8 Å². The van der Waals surface area contributed by atoms with Gasteiger partial charge in [0.2, 0.25) is 0 Å². The van der Waals surface area contributed by atoms with Crippen molar-refractivity contribution >= 4 is 0 Å². The predicted octanol–water partition coefficient (Wildman–Crippen LogP) is 4.68. The third-order valence-corrected chi connectivity index (χ3v) is 7.22. The highest BCUT2D eigenvalue weighted by atomic mass is 19.4. The summed E-state index contributed by atoms with van der Waals surface area (Å²) in [5.41, 5.74) is 0.305. The van der Waals surface area contributed by atoms with Crippen molar-refractivity contribution in [1.82, 2.24) is 19.4 Å². The first-order chi connectivity index (χ1) is 14.7. The largest absolute Gasteiger partial charge is 0.418 e. The summed E-state index contributed by atoms with van der Waals surface area (Å²) in [5.74, 6) is 2.42. The molecule has 0 spiro atoms. The maximum Gasteiger partial charge on any atom is 0.418 e. The third-order valence-electron chi connectivity index (χ3n) is 7.22. The van der Waals surface area contributed by atoms with E-state index >= 15 is 0 Å². The molecule has 0 bridgehead atoms. The molecule has 5 nitrogen and oxygen atoms in total. The molecule has 1 aliphatic heterocycles. The molecule has 8 heteroatoms. The highest BCUT2D eigenvalue weighted by Gasteiger charge is 2.58. The molecule has 4 atom stereocenters. The van der Waals surface area contributed by atoms with Crippen LogP contribution in [0.25, 0.3) is 11.3 Å². The maximum absolute atomic E-state index is 13.4. The normalized spacial score (nSPS) is 28.9. The molecule has 2 aromatic rings. The maximum atomic E-state index is 13.4. The summed E-state index contributed by atoms with van der Waals surface area (Å²) >= 11 is 0. The average molecular weight is 435 g/mol. The minimum Gasteiger partial charge on any atom is -0.379 e. The van der Waals surface area contributed by atoms with Crippen LogP contribution in [0.3, 0.4) is 0 Å². The molecule has 2 unspecified atom stereocenters. The molecule has 3 fully saturated rings. The fourth-order valence-electron chi connectivity index (χ4n) is 5.60. The Labute approximate surface area is 180 Å². The van der Waals surface area contributed by atoms with E-state index in [1.165, 1.54) is 32.0 Å². The number of nitrogens with zero attached hydrogens (tertiary/aromatic N) is 4. The summed E-state index contributed by atoms with van der Waals surface area (Å²) in [6.45, 7) is 9.25. The first kappa shape index (κ1) is 20.9. The second kappa shape index (κ2) is 7.59. The summed E-state index contributed by atoms with van der Waals surface area (Å²) in [6.07, 6.45) is 1.41. The second-order valence-electron chi connectivity index (χ2n) is 9.49. The van der Waals surface area contributed by atoms with Gasteiger partial charge in [-0.2, -0.15) is 13.2 Å². The van der Waals surface area contributed by atoms with Gasteiger partial charge >= 0.3 is 6.18 Å². The van der Waals surface area contributed by atoms with Crippen LogP contribution < -0.4 is 0 Å². The topological polar surface area (TPSA) is 43.2 Å². The fourth-order valence-corrected chi connectivity index (χ4v) is 5.60. The van der Waals surface area contributed by atoms with Crippen LogP contribution in [0.1, 0.15) is 55.7 Å². The van der Waals surface area contributed by atoms with Gasteiger partial charge in [0, 0.05) is 54.7 Å². The lowest BCUT2D eigenvalue weighted by Crippen LogP contribution is -2.43. The molecule has 0 radical (unpaired) electrons. The first-order valence-electron chi connectivity index (χ1n) is 11.2. The van der Waals surface area contributed by atoms with Gasteiger partial charge in [0.05, 0.1) is 24.5 Å². The Morgan fingerprint density at radius 3 is 2.42 bits per heavy atom. The van der Waals surface area contributed by atoms with Gasteiger partial charge in [0.25, 0.3) is 0 Å². The van der Waals surface area contributed by atoms with E-state index in [-0.39, 0.29) is 11.6 Å². The molecule has 2 aliphatic carbocycles. The molecule has 0 amide bonds.